The first kappa shape index (κ1) is 12.8. The van der Waals surface area contributed by atoms with E-state index in [0.717, 1.165) is 25.9 Å². The molecule has 1 aliphatic carbocycles. The average molecular weight is 239 g/mol. The zero-order valence-corrected chi connectivity index (χ0v) is 11.0. The molecule has 1 saturated carbocycles. The maximum Gasteiger partial charge on any atom is 0.237 e. The van der Waals surface area contributed by atoms with Crippen LogP contribution in [0, 0.1) is 5.92 Å². The van der Waals surface area contributed by atoms with E-state index in [2.05, 4.69) is 17.1 Å². The first-order valence-corrected chi connectivity index (χ1v) is 6.88. The topological polar surface area (TPSA) is 58.4 Å². The summed E-state index contributed by atoms with van der Waals surface area (Å²) in [6, 6.07) is 0.599. The number of nitrogens with two attached hydrogens (primary N) is 1. The van der Waals surface area contributed by atoms with Crippen molar-refractivity contribution >= 4 is 5.91 Å². The summed E-state index contributed by atoms with van der Waals surface area (Å²) in [6.45, 7) is 5.95. The van der Waals surface area contributed by atoms with Crippen LogP contribution in [0.15, 0.2) is 0 Å². The van der Waals surface area contributed by atoms with Gasteiger partial charge in [-0.25, -0.2) is 0 Å². The molecule has 1 amide bonds. The SMILES string of the molecule is CC1CN(C(C)C(=O)NC2CCCC2)CC1N. The number of likely N-dealkylation sites (tertiary alicyclic amines) is 1. The van der Waals surface area contributed by atoms with Gasteiger partial charge in [-0.15, -0.1) is 0 Å². The molecule has 2 aliphatic rings. The van der Waals surface area contributed by atoms with Crippen LogP contribution in [0.3, 0.4) is 0 Å². The Bertz CT molecular complexity index is 266. The molecule has 2 rings (SSSR count). The second-order valence-corrected chi connectivity index (χ2v) is 5.76. The summed E-state index contributed by atoms with van der Waals surface area (Å²) in [7, 11) is 0. The van der Waals surface area contributed by atoms with Crippen LogP contribution in [0.25, 0.3) is 0 Å². The highest BCUT2D eigenvalue weighted by molar-refractivity contribution is 5.81. The molecule has 3 unspecified atom stereocenters. The number of amides is 1. The summed E-state index contributed by atoms with van der Waals surface area (Å²) in [5.41, 5.74) is 6.00. The van der Waals surface area contributed by atoms with E-state index in [9.17, 15) is 4.79 Å². The van der Waals surface area contributed by atoms with Crippen molar-refractivity contribution in [1.29, 1.82) is 0 Å². The van der Waals surface area contributed by atoms with Crippen molar-refractivity contribution in [3.8, 4) is 0 Å². The molecule has 2 fully saturated rings. The van der Waals surface area contributed by atoms with Gasteiger partial charge in [0.1, 0.15) is 0 Å². The number of rotatable bonds is 3. The Kier molecular flexibility index (Phi) is 4.05. The fraction of sp³-hybridized carbons (Fsp3) is 0.923. The van der Waals surface area contributed by atoms with Crippen molar-refractivity contribution in [3.05, 3.63) is 0 Å². The Morgan fingerprint density at radius 1 is 1.35 bits per heavy atom. The lowest BCUT2D eigenvalue weighted by atomic mass is 10.1. The normalized spacial score (nSPS) is 32.9. The van der Waals surface area contributed by atoms with E-state index in [-0.39, 0.29) is 18.0 Å². The lowest BCUT2D eigenvalue weighted by Gasteiger charge is -2.25. The zero-order valence-electron chi connectivity index (χ0n) is 11.0. The molecule has 0 aromatic heterocycles. The molecule has 4 nitrogen and oxygen atoms in total. The van der Waals surface area contributed by atoms with Crippen LogP contribution in [0.2, 0.25) is 0 Å². The molecule has 0 spiro atoms. The van der Waals surface area contributed by atoms with Gasteiger partial charge in [0, 0.05) is 25.2 Å². The zero-order chi connectivity index (χ0) is 12.4. The summed E-state index contributed by atoms with van der Waals surface area (Å²) in [5.74, 6) is 0.676. The van der Waals surface area contributed by atoms with Crippen LogP contribution in [0.4, 0.5) is 0 Å². The van der Waals surface area contributed by atoms with Crippen LogP contribution >= 0.6 is 0 Å². The van der Waals surface area contributed by atoms with E-state index in [1.807, 2.05) is 6.92 Å². The monoisotopic (exact) mass is 239 g/mol. The Morgan fingerprint density at radius 2 is 2.00 bits per heavy atom. The molecule has 0 aromatic rings. The molecule has 1 heterocycles. The third kappa shape index (κ3) is 2.99. The minimum absolute atomic E-state index is 0.0356. The van der Waals surface area contributed by atoms with Crippen molar-refractivity contribution in [2.24, 2.45) is 11.7 Å². The molecule has 4 heteroatoms. The lowest BCUT2D eigenvalue weighted by molar-refractivity contribution is -0.126. The molecule has 0 aromatic carbocycles. The minimum Gasteiger partial charge on any atom is -0.352 e. The highest BCUT2D eigenvalue weighted by atomic mass is 16.2. The van der Waals surface area contributed by atoms with Gasteiger partial charge in [0.2, 0.25) is 5.91 Å². The predicted octanol–water partition coefficient (Wildman–Crippen LogP) is 0.713. The maximum atomic E-state index is 12.1. The quantitative estimate of drug-likeness (QED) is 0.762. The highest BCUT2D eigenvalue weighted by Gasteiger charge is 2.33. The van der Waals surface area contributed by atoms with E-state index < -0.39 is 0 Å². The summed E-state index contributed by atoms with van der Waals surface area (Å²) in [4.78, 5) is 14.3. The Morgan fingerprint density at radius 3 is 2.53 bits per heavy atom. The number of hydrogen-bond acceptors (Lipinski definition) is 3. The van der Waals surface area contributed by atoms with Gasteiger partial charge in [-0.3, -0.25) is 9.69 Å². The van der Waals surface area contributed by atoms with Crippen LogP contribution in [-0.2, 0) is 4.79 Å². The lowest BCUT2D eigenvalue weighted by Crippen LogP contribution is -2.47. The van der Waals surface area contributed by atoms with Gasteiger partial charge in [0.05, 0.1) is 6.04 Å². The van der Waals surface area contributed by atoms with E-state index in [1.54, 1.807) is 0 Å². The van der Waals surface area contributed by atoms with E-state index in [1.165, 1.54) is 12.8 Å². The molecule has 1 aliphatic heterocycles. The molecular weight excluding hydrogens is 214 g/mol. The van der Waals surface area contributed by atoms with Gasteiger partial charge in [0.15, 0.2) is 0 Å². The fourth-order valence-electron chi connectivity index (χ4n) is 2.90. The third-order valence-corrected chi connectivity index (χ3v) is 4.33. The van der Waals surface area contributed by atoms with Gasteiger partial charge in [-0.2, -0.15) is 0 Å². The first-order valence-electron chi connectivity index (χ1n) is 6.88. The summed E-state index contributed by atoms with van der Waals surface area (Å²) < 4.78 is 0. The summed E-state index contributed by atoms with van der Waals surface area (Å²) >= 11 is 0. The molecule has 0 bridgehead atoms. The molecule has 3 atom stereocenters. The second kappa shape index (κ2) is 5.36. The fourth-order valence-corrected chi connectivity index (χ4v) is 2.90. The molecule has 3 N–H and O–H groups in total. The Labute approximate surface area is 104 Å². The molecular formula is C13H25N3O. The Balaban J connectivity index is 1.82. The minimum atomic E-state index is -0.0356. The highest BCUT2D eigenvalue weighted by Crippen LogP contribution is 2.20. The molecule has 0 radical (unpaired) electrons. The van der Waals surface area contributed by atoms with E-state index >= 15 is 0 Å². The Hall–Kier alpha value is -0.610. The number of carbonyl (C=O) groups is 1. The van der Waals surface area contributed by atoms with Crippen molar-refractivity contribution < 1.29 is 4.79 Å². The number of carbonyl (C=O) groups excluding carboxylic acids is 1. The van der Waals surface area contributed by atoms with Gasteiger partial charge in [-0.1, -0.05) is 19.8 Å². The van der Waals surface area contributed by atoms with E-state index in [0.29, 0.717) is 12.0 Å². The van der Waals surface area contributed by atoms with E-state index in [4.69, 9.17) is 5.73 Å². The number of hydrogen-bond donors (Lipinski definition) is 2. The van der Waals surface area contributed by atoms with Gasteiger partial charge >= 0.3 is 0 Å². The third-order valence-electron chi connectivity index (χ3n) is 4.33. The van der Waals surface area contributed by atoms with Gasteiger partial charge in [0.25, 0.3) is 0 Å². The molecule has 1 saturated heterocycles. The van der Waals surface area contributed by atoms with Crippen LogP contribution < -0.4 is 11.1 Å². The van der Waals surface area contributed by atoms with Crippen molar-refractivity contribution in [2.45, 2.75) is 57.7 Å². The second-order valence-electron chi connectivity index (χ2n) is 5.76. The summed E-state index contributed by atoms with van der Waals surface area (Å²) in [6.07, 6.45) is 4.80. The molecule has 17 heavy (non-hydrogen) atoms. The first-order chi connectivity index (χ1) is 8.08. The van der Waals surface area contributed by atoms with Gasteiger partial charge < -0.3 is 11.1 Å². The van der Waals surface area contributed by atoms with Crippen molar-refractivity contribution in [1.82, 2.24) is 10.2 Å². The largest absolute Gasteiger partial charge is 0.352 e. The predicted molar refractivity (Wildman–Crippen MR) is 68.6 cm³/mol. The van der Waals surface area contributed by atoms with Crippen LogP contribution in [0.5, 0.6) is 0 Å². The number of nitrogens with one attached hydrogen (secondary N) is 1. The van der Waals surface area contributed by atoms with Gasteiger partial charge in [-0.05, 0) is 25.7 Å². The summed E-state index contributed by atoms with van der Waals surface area (Å²) in [5, 5.41) is 3.16. The average Bonchev–Trinajstić information content (AvgIpc) is 2.89. The molecule has 98 valence electrons. The maximum absolute atomic E-state index is 12.1. The smallest absolute Gasteiger partial charge is 0.237 e. The van der Waals surface area contributed by atoms with Crippen LogP contribution in [-0.4, -0.2) is 42.0 Å². The number of nitrogens with zero attached hydrogens (tertiary/aromatic N) is 1. The van der Waals surface area contributed by atoms with Crippen molar-refractivity contribution in [3.63, 3.8) is 0 Å². The van der Waals surface area contributed by atoms with Crippen molar-refractivity contribution in [2.75, 3.05) is 13.1 Å². The standard InChI is InChI=1S/C13H25N3O/c1-9-7-16(8-12(9)14)10(2)13(17)15-11-5-3-4-6-11/h9-12H,3-8,14H2,1-2H3,(H,15,17). The van der Waals surface area contributed by atoms with Crippen LogP contribution in [0.1, 0.15) is 39.5 Å².